The Kier molecular flexibility index (Phi) is 3.28. The number of amides is 1. The first-order chi connectivity index (χ1) is 9.70. The van der Waals surface area contributed by atoms with Gasteiger partial charge in [0.25, 0.3) is 5.91 Å². The van der Waals surface area contributed by atoms with Crippen LogP contribution in [0.15, 0.2) is 34.9 Å². The minimum Gasteiger partial charge on any atom is -0.463 e. The van der Waals surface area contributed by atoms with Gasteiger partial charge in [0, 0.05) is 6.54 Å². The van der Waals surface area contributed by atoms with Crippen LogP contribution in [0.3, 0.4) is 0 Å². The van der Waals surface area contributed by atoms with E-state index in [0.717, 1.165) is 6.42 Å². The van der Waals surface area contributed by atoms with Crippen LogP contribution in [0.4, 0.5) is 0 Å². The number of likely N-dealkylation sites (tertiary alicyclic amines) is 1. The minimum absolute atomic E-state index is 0.0166. The number of furan rings is 1. The number of pyridine rings is 1. The molecule has 2 aromatic heterocycles. The van der Waals surface area contributed by atoms with Crippen LogP contribution >= 0.6 is 0 Å². The summed E-state index contributed by atoms with van der Waals surface area (Å²) in [4.78, 5) is 18.5. The van der Waals surface area contributed by atoms with Crippen LogP contribution in [0, 0.1) is 6.92 Å². The third-order valence-electron chi connectivity index (χ3n) is 3.71. The lowest BCUT2D eigenvalue weighted by Gasteiger charge is -2.40. The van der Waals surface area contributed by atoms with E-state index in [1.165, 1.54) is 0 Å². The largest absolute Gasteiger partial charge is 0.463 e. The van der Waals surface area contributed by atoms with Crippen molar-refractivity contribution in [2.24, 2.45) is 0 Å². The maximum absolute atomic E-state index is 12.4. The zero-order valence-electron chi connectivity index (χ0n) is 11.2. The molecule has 2 aromatic rings. The lowest BCUT2D eigenvalue weighted by Crippen LogP contribution is -2.53. The third kappa shape index (κ3) is 2.10. The third-order valence-corrected chi connectivity index (χ3v) is 3.71. The molecule has 5 heteroatoms. The summed E-state index contributed by atoms with van der Waals surface area (Å²) in [5.41, 5.74) is 1.97. The standard InChI is InChI=1S/C15H16N2O3/c1-10-12(15(19)17-7-6-11(17)9-18)4-5-13(16-10)14-3-2-8-20-14/h2-5,8,11,18H,6-7,9H2,1H3. The second-order valence-corrected chi connectivity index (χ2v) is 4.93. The number of aromatic nitrogens is 1. The van der Waals surface area contributed by atoms with Gasteiger partial charge in [-0.15, -0.1) is 0 Å². The Morgan fingerprint density at radius 1 is 1.50 bits per heavy atom. The maximum atomic E-state index is 12.4. The number of carbonyl (C=O) groups excluding carboxylic acids is 1. The zero-order valence-corrected chi connectivity index (χ0v) is 11.2. The monoisotopic (exact) mass is 272 g/mol. The topological polar surface area (TPSA) is 66.6 Å². The summed E-state index contributed by atoms with van der Waals surface area (Å²) in [6.45, 7) is 2.53. The summed E-state index contributed by atoms with van der Waals surface area (Å²) >= 11 is 0. The molecule has 104 valence electrons. The van der Waals surface area contributed by atoms with Crippen LogP contribution in [0.5, 0.6) is 0 Å². The first-order valence-corrected chi connectivity index (χ1v) is 6.64. The Balaban J connectivity index is 1.86. The molecule has 1 atom stereocenters. The molecule has 0 saturated carbocycles. The van der Waals surface area contributed by atoms with E-state index < -0.39 is 0 Å². The van der Waals surface area contributed by atoms with Crippen molar-refractivity contribution in [1.29, 1.82) is 0 Å². The van der Waals surface area contributed by atoms with E-state index >= 15 is 0 Å². The van der Waals surface area contributed by atoms with E-state index in [1.807, 2.05) is 13.0 Å². The molecule has 0 spiro atoms. The molecule has 1 aliphatic heterocycles. The highest BCUT2D eigenvalue weighted by Crippen LogP contribution is 2.23. The molecule has 1 N–H and O–H groups in total. The first-order valence-electron chi connectivity index (χ1n) is 6.64. The Morgan fingerprint density at radius 2 is 2.35 bits per heavy atom. The van der Waals surface area contributed by atoms with Crippen LogP contribution in [-0.4, -0.2) is 40.1 Å². The van der Waals surface area contributed by atoms with Crippen molar-refractivity contribution in [3.05, 3.63) is 41.8 Å². The van der Waals surface area contributed by atoms with Gasteiger partial charge in [-0.3, -0.25) is 4.79 Å². The maximum Gasteiger partial charge on any atom is 0.256 e. The number of carbonyl (C=O) groups is 1. The number of hydrogen-bond donors (Lipinski definition) is 1. The van der Waals surface area contributed by atoms with Gasteiger partial charge in [-0.25, -0.2) is 4.98 Å². The second kappa shape index (κ2) is 5.09. The molecular formula is C15H16N2O3. The fraction of sp³-hybridized carbons (Fsp3) is 0.333. The van der Waals surface area contributed by atoms with E-state index in [0.29, 0.717) is 29.3 Å². The van der Waals surface area contributed by atoms with E-state index in [1.54, 1.807) is 29.4 Å². The SMILES string of the molecule is Cc1nc(-c2ccco2)ccc1C(=O)N1CCC1CO. The number of rotatable bonds is 3. The van der Waals surface area contributed by atoms with Crippen LogP contribution in [0.25, 0.3) is 11.5 Å². The molecule has 0 aromatic carbocycles. The molecule has 20 heavy (non-hydrogen) atoms. The molecule has 5 nitrogen and oxygen atoms in total. The molecule has 3 rings (SSSR count). The van der Waals surface area contributed by atoms with E-state index in [2.05, 4.69) is 4.98 Å². The van der Waals surface area contributed by atoms with Crippen LogP contribution in [0.1, 0.15) is 22.5 Å². The summed E-state index contributed by atoms with van der Waals surface area (Å²) in [7, 11) is 0. The van der Waals surface area contributed by atoms with Gasteiger partial charge in [-0.1, -0.05) is 0 Å². The highest BCUT2D eigenvalue weighted by molar-refractivity contribution is 5.96. The Morgan fingerprint density at radius 3 is 2.90 bits per heavy atom. The predicted molar refractivity (Wildman–Crippen MR) is 73.2 cm³/mol. The van der Waals surface area contributed by atoms with Gasteiger partial charge in [-0.2, -0.15) is 0 Å². The van der Waals surface area contributed by atoms with Gasteiger partial charge in [-0.05, 0) is 37.6 Å². The first kappa shape index (κ1) is 12.9. The number of aliphatic hydroxyl groups excluding tert-OH is 1. The van der Waals surface area contributed by atoms with Gasteiger partial charge in [0.2, 0.25) is 0 Å². The van der Waals surface area contributed by atoms with Crippen LogP contribution in [-0.2, 0) is 0 Å². The van der Waals surface area contributed by atoms with Gasteiger partial charge < -0.3 is 14.4 Å². The average molecular weight is 272 g/mol. The number of aliphatic hydroxyl groups is 1. The van der Waals surface area contributed by atoms with Crippen molar-refractivity contribution in [2.45, 2.75) is 19.4 Å². The molecule has 1 saturated heterocycles. The van der Waals surface area contributed by atoms with Crippen molar-refractivity contribution < 1.29 is 14.3 Å². The molecule has 0 aliphatic carbocycles. The Hall–Kier alpha value is -2.14. The lowest BCUT2D eigenvalue weighted by atomic mass is 10.0. The van der Waals surface area contributed by atoms with Crippen molar-refractivity contribution in [1.82, 2.24) is 9.88 Å². The molecule has 1 aliphatic rings. The van der Waals surface area contributed by atoms with Crippen molar-refractivity contribution in [3.63, 3.8) is 0 Å². The molecule has 3 heterocycles. The molecule has 1 unspecified atom stereocenters. The quantitative estimate of drug-likeness (QED) is 0.926. The summed E-state index contributed by atoms with van der Waals surface area (Å²) in [6.07, 6.45) is 2.45. The number of hydrogen-bond acceptors (Lipinski definition) is 4. The normalized spacial score (nSPS) is 17.9. The summed E-state index contributed by atoms with van der Waals surface area (Å²) in [5.74, 6) is 0.621. The number of aryl methyl sites for hydroxylation is 1. The molecule has 1 amide bonds. The second-order valence-electron chi connectivity index (χ2n) is 4.93. The minimum atomic E-state index is -0.0636. The van der Waals surface area contributed by atoms with Crippen LogP contribution in [0.2, 0.25) is 0 Å². The van der Waals surface area contributed by atoms with Gasteiger partial charge >= 0.3 is 0 Å². The fourth-order valence-corrected chi connectivity index (χ4v) is 2.40. The number of nitrogens with zero attached hydrogens (tertiary/aromatic N) is 2. The summed E-state index contributed by atoms with van der Waals surface area (Å²) in [6, 6.07) is 7.14. The Labute approximate surface area is 116 Å². The molecule has 0 bridgehead atoms. The van der Waals surface area contributed by atoms with Gasteiger partial charge in [0.1, 0.15) is 5.69 Å². The lowest BCUT2D eigenvalue weighted by molar-refractivity contribution is 0.0295. The van der Waals surface area contributed by atoms with E-state index in [9.17, 15) is 4.79 Å². The van der Waals surface area contributed by atoms with E-state index in [-0.39, 0.29) is 18.6 Å². The summed E-state index contributed by atoms with van der Waals surface area (Å²) in [5, 5.41) is 9.17. The smallest absolute Gasteiger partial charge is 0.256 e. The predicted octanol–water partition coefficient (Wildman–Crippen LogP) is 1.86. The molecule has 1 fully saturated rings. The summed E-state index contributed by atoms with van der Waals surface area (Å²) < 4.78 is 5.30. The van der Waals surface area contributed by atoms with Crippen molar-refractivity contribution >= 4 is 5.91 Å². The van der Waals surface area contributed by atoms with Gasteiger partial charge in [0.05, 0.1) is 30.2 Å². The van der Waals surface area contributed by atoms with E-state index in [4.69, 9.17) is 9.52 Å². The Bertz CT molecular complexity index is 620. The van der Waals surface area contributed by atoms with Crippen molar-refractivity contribution in [2.75, 3.05) is 13.2 Å². The van der Waals surface area contributed by atoms with Crippen molar-refractivity contribution in [3.8, 4) is 11.5 Å². The highest BCUT2D eigenvalue weighted by Gasteiger charge is 2.32. The molecule has 0 radical (unpaired) electrons. The van der Waals surface area contributed by atoms with Crippen LogP contribution < -0.4 is 0 Å². The molecular weight excluding hydrogens is 256 g/mol. The highest BCUT2D eigenvalue weighted by atomic mass is 16.3. The zero-order chi connectivity index (χ0) is 14.1. The average Bonchev–Trinajstić information content (AvgIpc) is 2.91. The fourth-order valence-electron chi connectivity index (χ4n) is 2.40. The van der Waals surface area contributed by atoms with Gasteiger partial charge in [0.15, 0.2) is 5.76 Å².